The van der Waals surface area contributed by atoms with E-state index in [2.05, 4.69) is 15.9 Å². The number of nitrogens with two attached hydrogens (primary N) is 1. The van der Waals surface area contributed by atoms with Crippen molar-refractivity contribution in [1.82, 2.24) is 0 Å². The Kier molecular flexibility index (Phi) is 3.05. The molecule has 0 amide bonds. The highest BCUT2D eigenvalue weighted by molar-refractivity contribution is 9.10. The van der Waals surface area contributed by atoms with Crippen LogP contribution >= 0.6 is 15.9 Å². The van der Waals surface area contributed by atoms with Gasteiger partial charge in [-0.3, -0.25) is 0 Å². The number of hydrogen-bond acceptors (Lipinski definition) is 3. The van der Waals surface area contributed by atoms with E-state index in [4.69, 9.17) is 14.9 Å². The summed E-state index contributed by atoms with van der Waals surface area (Å²) in [5, 5.41) is 0. The third kappa shape index (κ3) is 2.18. The van der Waals surface area contributed by atoms with Crippen molar-refractivity contribution in [3.8, 4) is 0 Å². The zero-order valence-electron chi connectivity index (χ0n) is 9.82. The highest BCUT2D eigenvalue weighted by Gasteiger charge is 2.44. The van der Waals surface area contributed by atoms with Crippen molar-refractivity contribution in [2.45, 2.75) is 43.7 Å². The molecule has 0 bridgehead atoms. The summed E-state index contributed by atoms with van der Waals surface area (Å²) in [4.78, 5) is 0. The Bertz CT molecular complexity index is 400. The van der Waals surface area contributed by atoms with Crippen molar-refractivity contribution in [3.05, 3.63) is 22.6 Å². The van der Waals surface area contributed by atoms with Gasteiger partial charge in [0.15, 0.2) is 4.67 Å². The number of ether oxygens (including phenoxy) is 1. The second kappa shape index (κ2) is 4.41. The topological polar surface area (TPSA) is 48.4 Å². The molecule has 2 atom stereocenters. The molecule has 3 rings (SSSR count). The van der Waals surface area contributed by atoms with Crippen LogP contribution in [0.15, 0.2) is 21.2 Å². The molecule has 1 aromatic rings. The van der Waals surface area contributed by atoms with E-state index in [9.17, 15) is 0 Å². The van der Waals surface area contributed by atoms with Crippen LogP contribution in [0.2, 0.25) is 0 Å². The lowest BCUT2D eigenvalue weighted by Gasteiger charge is -2.48. The summed E-state index contributed by atoms with van der Waals surface area (Å²) in [7, 11) is 0. The van der Waals surface area contributed by atoms with Gasteiger partial charge in [-0.25, -0.2) is 0 Å². The van der Waals surface area contributed by atoms with E-state index in [0.717, 1.165) is 29.9 Å². The van der Waals surface area contributed by atoms with Crippen LogP contribution in [0.3, 0.4) is 0 Å². The second-order valence-electron chi connectivity index (χ2n) is 5.31. The van der Waals surface area contributed by atoms with E-state index in [1.807, 2.05) is 12.1 Å². The zero-order valence-corrected chi connectivity index (χ0v) is 11.4. The average molecular weight is 300 g/mol. The first-order valence-electron chi connectivity index (χ1n) is 6.33. The van der Waals surface area contributed by atoms with Gasteiger partial charge in [0, 0.05) is 6.61 Å². The molecule has 2 fully saturated rings. The van der Waals surface area contributed by atoms with E-state index >= 15 is 0 Å². The lowest BCUT2D eigenvalue weighted by molar-refractivity contribution is -0.146. The highest BCUT2D eigenvalue weighted by Crippen LogP contribution is 2.46. The first-order valence-corrected chi connectivity index (χ1v) is 7.13. The Morgan fingerprint density at radius 2 is 2.24 bits per heavy atom. The van der Waals surface area contributed by atoms with Gasteiger partial charge >= 0.3 is 0 Å². The van der Waals surface area contributed by atoms with Gasteiger partial charge in [0.05, 0.1) is 11.6 Å². The van der Waals surface area contributed by atoms with Gasteiger partial charge in [0.2, 0.25) is 0 Å². The predicted octanol–water partition coefficient (Wildman–Crippen LogP) is 3.39. The molecule has 0 radical (unpaired) electrons. The largest absolute Gasteiger partial charge is 0.453 e. The predicted molar refractivity (Wildman–Crippen MR) is 68.6 cm³/mol. The Morgan fingerprint density at radius 1 is 1.41 bits per heavy atom. The smallest absolute Gasteiger partial charge is 0.169 e. The minimum Gasteiger partial charge on any atom is -0.453 e. The van der Waals surface area contributed by atoms with Crippen molar-refractivity contribution < 1.29 is 9.15 Å². The summed E-state index contributed by atoms with van der Waals surface area (Å²) < 4.78 is 12.3. The molecule has 1 saturated heterocycles. The zero-order chi connectivity index (χ0) is 11.9. The molecule has 1 aliphatic heterocycles. The molecule has 94 valence electrons. The molecule has 2 aliphatic rings. The molecular weight excluding hydrogens is 282 g/mol. The molecule has 17 heavy (non-hydrogen) atoms. The first-order chi connectivity index (χ1) is 8.19. The molecule has 3 nitrogen and oxygen atoms in total. The van der Waals surface area contributed by atoms with Gasteiger partial charge in [-0.2, -0.15) is 0 Å². The van der Waals surface area contributed by atoms with Crippen LogP contribution in [0.1, 0.15) is 43.9 Å². The lowest BCUT2D eigenvalue weighted by atomic mass is 9.70. The van der Waals surface area contributed by atoms with E-state index in [1.54, 1.807) is 0 Å². The monoisotopic (exact) mass is 299 g/mol. The highest BCUT2D eigenvalue weighted by atomic mass is 79.9. The fourth-order valence-electron chi connectivity index (χ4n) is 3.03. The Labute approximate surface area is 110 Å². The van der Waals surface area contributed by atoms with Crippen LogP contribution < -0.4 is 5.73 Å². The summed E-state index contributed by atoms with van der Waals surface area (Å²) in [5.41, 5.74) is 6.47. The summed E-state index contributed by atoms with van der Waals surface area (Å²) in [6.07, 6.45) is 5.85. The van der Waals surface area contributed by atoms with Gasteiger partial charge in [0.25, 0.3) is 0 Å². The number of hydrogen-bond donors (Lipinski definition) is 1. The average Bonchev–Trinajstić information content (AvgIpc) is 2.73. The van der Waals surface area contributed by atoms with Crippen molar-refractivity contribution in [1.29, 1.82) is 0 Å². The number of halogens is 1. The quantitative estimate of drug-likeness (QED) is 0.910. The lowest BCUT2D eigenvalue weighted by Crippen LogP contribution is -2.47. The van der Waals surface area contributed by atoms with Gasteiger partial charge in [-0.15, -0.1) is 0 Å². The minimum absolute atomic E-state index is 0.00248. The fraction of sp³-hybridized carbons (Fsp3) is 0.692. The van der Waals surface area contributed by atoms with E-state index < -0.39 is 0 Å². The van der Waals surface area contributed by atoms with Crippen molar-refractivity contribution >= 4 is 15.9 Å². The number of furan rings is 1. The molecule has 1 saturated carbocycles. The maximum Gasteiger partial charge on any atom is 0.169 e. The van der Waals surface area contributed by atoms with Crippen LogP contribution in [-0.4, -0.2) is 12.2 Å². The standard InChI is InChI=1S/C13H18BrNO2/c14-11-3-2-10(17-11)12(15)9-4-7-16-13(8-9)5-1-6-13/h2-3,9,12H,1,4-8,15H2. The third-order valence-electron chi connectivity index (χ3n) is 4.23. The maximum absolute atomic E-state index is 6.31. The normalized spacial score (nSPS) is 28.9. The summed E-state index contributed by atoms with van der Waals surface area (Å²) in [6.45, 7) is 0.847. The van der Waals surface area contributed by atoms with Crippen molar-refractivity contribution in [2.24, 2.45) is 11.7 Å². The van der Waals surface area contributed by atoms with Crippen molar-refractivity contribution in [2.75, 3.05) is 6.61 Å². The van der Waals surface area contributed by atoms with Gasteiger partial charge in [0.1, 0.15) is 5.76 Å². The van der Waals surface area contributed by atoms with Crippen LogP contribution in [0.5, 0.6) is 0 Å². The first kappa shape index (κ1) is 11.8. The molecule has 0 aromatic carbocycles. The molecule has 1 spiro atoms. The van der Waals surface area contributed by atoms with Crippen LogP contribution in [0.4, 0.5) is 0 Å². The fourth-order valence-corrected chi connectivity index (χ4v) is 3.35. The van der Waals surface area contributed by atoms with Gasteiger partial charge < -0.3 is 14.9 Å². The van der Waals surface area contributed by atoms with E-state index in [1.165, 1.54) is 19.3 Å². The molecule has 2 heterocycles. The summed E-state index contributed by atoms with van der Waals surface area (Å²) in [6, 6.07) is 3.88. The summed E-state index contributed by atoms with van der Waals surface area (Å²) in [5.74, 6) is 1.38. The molecule has 2 N–H and O–H groups in total. The molecular formula is C13H18BrNO2. The van der Waals surface area contributed by atoms with E-state index in [0.29, 0.717) is 5.92 Å². The Balaban J connectivity index is 1.71. The van der Waals surface area contributed by atoms with Crippen LogP contribution in [-0.2, 0) is 4.74 Å². The molecule has 4 heteroatoms. The van der Waals surface area contributed by atoms with E-state index in [-0.39, 0.29) is 11.6 Å². The minimum atomic E-state index is 0.00248. The van der Waals surface area contributed by atoms with Crippen molar-refractivity contribution in [3.63, 3.8) is 0 Å². The van der Waals surface area contributed by atoms with Crippen LogP contribution in [0, 0.1) is 5.92 Å². The maximum atomic E-state index is 6.31. The molecule has 1 aromatic heterocycles. The van der Waals surface area contributed by atoms with Gasteiger partial charge in [-0.1, -0.05) is 0 Å². The third-order valence-corrected chi connectivity index (χ3v) is 4.65. The number of rotatable bonds is 2. The molecule has 1 aliphatic carbocycles. The van der Waals surface area contributed by atoms with Gasteiger partial charge in [-0.05, 0) is 66.1 Å². The SMILES string of the molecule is NC(c1ccc(Br)o1)C1CCOC2(CCC2)C1. The molecule has 2 unspecified atom stereocenters. The Hall–Kier alpha value is -0.320. The van der Waals surface area contributed by atoms with Crippen LogP contribution in [0.25, 0.3) is 0 Å². The Morgan fingerprint density at radius 3 is 2.82 bits per heavy atom. The second-order valence-corrected chi connectivity index (χ2v) is 6.09. The summed E-state index contributed by atoms with van der Waals surface area (Å²) >= 11 is 3.32.